The molecule has 4 aromatic rings. The van der Waals surface area contributed by atoms with E-state index in [0.29, 0.717) is 23.6 Å². The van der Waals surface area contributed by atoms with Crippen molar-refractivity contribution < 1.29 is 22.7 Å². The maximum absolute atomic E-state index is 14.4. The lowest BCUT2D eigenvalue weighted by Crippen LogP contribution is -2.54. The number of carbonyl (C=O) groups excluding carboxylic acids is 2. The number of amides is 2. The van der Waals surface area contributed by atoms with E-state index in [4.69, 9.17) is 4.74 Å². The molecule has 1 aliphatic carbocycles. The second-order valence-corrected chi connectivity index (χ2v) is 13.9. The molecular formula is C38H43N3O5S. The minimum Gasteiger partial charge on any atom is -0.457 e. The molecule has 0 heterocycles. The number of ether oxygens (including phenoxy) is 1. The maximum Gasteiger partial charge on any atom is 0.264 e. The number of aryl methyl sites for hydroxylation is 1. The molecule has 47 heavy (non-hydrogen) atoms. The highest BCUT2D eigenvalue weighted by molar-refractivity contribution is 7.92. The summed E-state index contributed by atoms with van der Waals surface area (Å²) >= 11 is 0. The van der Waals surface area contributed by atoms with E-state index >= 15 is 0 Å². The van der Waals surface area contributed by atoms with Gasteiger partial charge in [0.25, 0.3) is 10.0 Å². The van der Waals surface area contributed by atoms with Crippen molar-refractivity contribution in [2.24, 2.45) is 0 Å². The van der Waals surface area contributed by atoms with Crippen molar-refractivity contribution in [2.45, 2.75) is 75.9 Å². The van der Waals surface area contributed by atoms with Crippen LogP contribution in [-0.4, -0.2) is 43.8 Å². The Bertz CT molecular complexity index is 1720. The van der Waals surface area contributed by atoms with Crippen LogP contribution in [0.4, 0.5) is 5.69 Å². The van der Waals surface area contributed by atoms with Crippen LogP contribution < -0.4 is 14.4 Å². The zero-order chi connectivity index (χ0) is 33.2. The summed E-state index contributed by atoms with van der Waals surface area (Å²) in [5, 5.41) is 3.19. The minimum atomic E-state index is -4.16. The summed E-state index contributed by atoms with van der Waals surface area (Å²) in [4.78, 5) is 29.8. The Morgan fingerprint density at radius 3 is 2.11 bits per heavy atom. The van der Waals surface area contributed by atoms with Crippen LogP contribution in [0.2, 0.25) is 0 Å². The number of carbonyl (C=O) groups is 2. The minimum absolute atomic E-state index is 0.0599. The predicted octanol–water partition coefficient (Wildman–Crippen LogP) is 7.24. The fraction of sp³-hybridized carbons (Fsp3) is 0.316. The highest BCUT2D eigenvalue weighted by Gasteiger charge is 2.34. The number of rotatable bonds is 13. The Kier molecular flexibility index (Phi) is 11.3. The summed E-state index contributed by atoms with van der Waals surface area (Å²) in [5.41, 5.74) is 2.20. The molecule has 4 aromatic carbocycles. The number of hydrogen-bond donors (Lipinski definition) is 1. The van der Waals surface area contributed by atoms with Crippen molar-refractivity contribution in [2.75, 3.05) is 10.8 Å². The summed E-state index contributed by atoms with van der Waals surface area (Å²) in [5.74, 6) is 0.490. The van der Waals surface area contributed by atoms with Gasteiger partial charge in [0.15, 0.2) is 0 Å². The van der Waals surface area contributed by atoms with Gasteiger partial charge in [-0.15, -0.1) is 0 Å². The van der Waals surface area contributed by atoms with Crippen molar-refractivity contribution in [3.8, 4) is 11.5 Å². The third kappa shape index (κ3) is 8.80. The Balaban J connectivity index is 1.47. The Hall–Kier alpha value is -4.63. The van der Waals surface area contributed by atoms with Gasteiger partial charge in [0.2, 0.25) is 11.8 Å². The summed E-state index contributed by atoms with van der Waals surface area (Å²) in [6.45, 7) is 3.53. The van der Waals surface area contributed by atoms with E-state index in [1.54, 1.807) is 42.5 Å². The molecule has 0 unspecified atom stereocenters. The summed E-state index contributed by atoms with van der Waals surface area (Å²) < 4.78 is 35.3. The van der Waals surface area contributed by atoms with Gasteiger partial charge >= 0.3 is 0 Å². The van der Waals surface area contributed by atoms with Gasteiger partial charge in [0.1, 0.15) is 24.1 Å². The molecule has 1 aliphatic rings. The smallest absolute Gasteiger partial charge is 0.264 e. The highest BCUT2D eigenvalue weighted by atomic mass is 32.2. The van der Waals surface area contributed by atoms with Crippen LogP contribution in [0.15, 0.2) is 114 Å². The Morgan fingerprint density at radius 1 is 0.830 bits per heavy atom. The molecule has 5 rings (SSSR count). The largest absolute Gasteiger partial charge is 0.457 e. The highest BCUT2D eigenvalue weighted by Crippen LogP contribution is 2.29. The van der Waals surface area contributed by atoms with Crippen LogP contribution in [0.1, 0.15) is 56.6 Å². The van der Waals surface area contributed by atoms with Crippen LogP contribution in [-0.2, 0) is 26.2 Å². The third-order valence-electron chi connectivity index (χ3n) is 8.49. The average molecular weight is 654 g/mol. The molecule has 1 fully saturated rings. The predicted molar refractivity (Wildman–Crippen MR) is 185 cm³/mol. The van der Waals surface area contributed by atoms with Gasteiger partial charge in [-0.05, 0) is 80.3 Å². The lowest BCUT2D eigenvalue weighted by molar-refractivity contribution is -0.140. The second-order valence-electron chi connectivity index (χ2n) is 12.0. The normalized spacial score (nSPS) is 14.2. The number of hydrogen-bond acceptors (Lipinski definition) is 5. The molecule has 1 saturated carbocycles. The van der Waals surface area contributed by atoms with Gasteiger partial charge in [0, 0.05) is 12.6 Å². The zero-order valence-electron chi connectivity index (χ0n) is 27.0. The first kappa shape index (κ1) is 33.7. The number of nitrogens with zero attached hydrogens (tertiary/aromatic N) is 2. The van der Waals surface area contributed by atoms with E-state index in [2.05, 4.69) is 5.32 Å². The number of anilines is 1. The molecular weight excluding hydrogens is 611 g/mol. The van der Waals surface area contributed by atoms with Gasteiger partial charge in [-0.3, -0.25) is 13.9 Å². The molecule has 246 valence electrons. The second kappa shape index (κ2) is 15.8. The SMILES string of the molecule is CC[C@@H](C(=O)NC1CCCCC1)N(Cc1cccc(C)c1)C(=O)CN(c1ccc(Oc2ccccc2)cc1)S(=O)(=O)c1ccccc1. The first-order chi connectivity index (χ1) is 22.7. The van der Waals surface area contributed by atoms with E-state index in [1.807, 2.05) is 68.4 Å². The molecule has 1 N–H and O–H groups in total. The molecule has 8 nitrogen and oxygen atoms in total. The lowest BCUT2D eigenvalue weighted by Gasteiger charge is -2.34. The number of benzene rings is 4. The molecule has 0 spiro atoms. The van der Waals surface area contributed by atoms with Crippen molar-refractivity contribution >= 4 is 27.5 Å². The number of nitrogens with one attached hydrogen (secondary N) is 1. The quantitative estimate of drug-likeness (QED) is 0.164. The monoisotopic (exact) mass is 653 g/mol. The topological polar surface area (TPSA) is 96.0 Å². The molecule has 1 atom stereocenters. The van der Waals surface area contributed by atoms with Gasteiger partial charge < -0.3 is 15.0 Å². The van der Waals surface area contributed by atoms with Gasteiger partial charge in [-0.25, -0.2) is 8.42 Å². The van der Waals surface area contributed by atoms with E-state index in [0.717, 1.165) is 47.5 Å². The third-order valence-corrected chi connectivity index (χ3v) is 10.3. The molecule has 0 bridgehead atoms. The van der Waals surface area contributed by atoms with Crippen molar-refractivity contribution in [3.63, 3.8) is 0 Å². The first-order valence-corrected chi connectivity index (χ1v) is 17.7. The summed E-state index contributed by atoms with van der Waals surface area (Å²) in [6, 6.07) is 31.1. The number of sulfonamides is 1. The van der Waals surface area contributed by atoms with E-state index in [1.165, 1.54) is 17.0 Å². The Morgan fingerprint density at radius 2 is 1.47 bits per heavy atom. The van der Waals surface area contributed by atoms with Crippen LogP contribution in [0.25, 0.3) is 0 Å². The summed E-state index contributed by atoms with van der Waals surface area (Å²) in [6.07, 6.45) is 5.51. The van der Waals surface area contributed by atoms with Crippen LogP contribution in [0.5, 0.6) is 11.5 Å². The van der Waals surface area contributed by atoms with Gasteiger partial charge in [-0.2, -0.15) is 0 Å². The van der Waals surface area contributed by atoms with Gasteiger partial charge in [0.05, 0.1) is 10.6 Å². The van der Waals surface area contributed by atoms with Crippen LogP contribution in [0, 0.1) is 6.92 Å². The van der Waals surface area contributed by atoms with Gasteiger partial charge in [-0.1, -0.05) is 92.4 Å². The van der Waals surface area contributed by atoms with E-state index < -0.39 is 28.5 Å². The molecule has 0 radical (unpaired) electrons. The van der Waals surface area contributed by atoms with Crippen molar-refractivity contribution in [1.29, 1.82) is 0 Å². The summed E-state index contributed by atoms with van der Waals surface area (Å²) in [7, 11) is -4.16. The first-order valence-electron chi connectivity index (χ1n) is 16.3. The molecule has 9 heteroatoms. The maximum atomic E-state index is 14.4. The number of para-hydroxylation sites is 1. The molecule has 0 aromatic heterocycles. The standard InChI is InChI=1S/C38H43N3O5S/c1-3-36(38(43)39-31-16-7-4-8-17-31)40(27-30-15-13-14-29(2)26-30)37(42)28-41(47(44,45)35-20-11-6-12-21-35)32-22-24-34(25-23-32)46-33-18-9-5-10-19-33/h5-6,9-15,18-26,31,36H,3-4,7-8,16-17,27-28H2,1-2H3,(H,39,43)/t36-/m0/s1. The van der Waals surface area contributed by atoms with E-state index in [-0.39, 0.29) is 23.4 Å². The molecule has 0 saturated heterocycles. The fourth-order valence-corrected chi connectivity index (χ4v) is 7.46. The molecule has 2 amide bonds. The molecule has 0 aliphatic heterocycles. The van der Waals surface area contributed by atoms with Crippen molar-refractivity contribution in [1.82, 2.24) is 10.2 Å². The van der Waals surface area contributed by atoms with Crippen molar-refractivity contribution in [3.05, 3.63) is 120 Å². The van der Waals surface area contributed by atoms with Crippen LogP contribution >= 0.6 is 0 Å². The average Bonchev–Trinajstić information content (AvgIpc) is 3.09. The van der Waals surface area contributed by atoms with Crippen LogP contribution in [0.3, 0.4) is 0 Å². The van der Waals surface area contributed by atoms with E-state index in [9.17, 15) is 18.0 Å². The Labute approximate surface area is 278 Å². The fourth-order valence-electron chi connectivity index (χ4n) is 6.02. The lowest BCUT2D eigenvalue weighted by atomic mass is 9.95. The zero-order valence-corrected chi connectivity index (χ0v) is 27.9.